The molecule has 176 valence electrons. The summed E-state index contributed by atoms with van der Waals surface area (Å²) in [6.45, 7) is 4.66. The van der Waals surface area contributed by atoms with Gasteiger partial charge in [-0.25, -0.2) is 9.37 Å². The number of carbonyl (C=O) groups is 2. The molecule has 7 heteroatoms. The maximum atomic E-state index is 13.8. The number of hydrogen-bond acceptors (Lipinski definition) is 5. The van der Waals surface area contributed by atoms with E-state index in [0.29, 0.717) is 30.8 Å². The summed E-state index contributed by atoms with van der Waals surface area (Å²) in [4.78, 5) is 33.3. The van der Waals surface area contributed by atoms with E-state index >= 15 is 0 Å². The van der Waals surface area contributed by atoms with Gasteiger partial charge in [-0.15, -0.1) is 0 Å². The van der Waals surface area contributed by atoms with Crippen LogP contribution in [0.3, 0.4) is 0 Å². The largest absolute Gasteiger partial charge is 0.368 e. The molecule has 2 aliphatic rings. The van der Waals surface area contributed by atoms with E-state index in [1.807, 2.05) is 24.3 Å². The molecule has 1 N–H and O–H groups in total. The highest BCUT2D eigenvalue weighted by atomic mass is 19.1. The van der Waals surface area contributed by atoms with Crippen molar-refractivity contribution in [3.63, 3.8) is 0 Å². The molecule has 0 spiro atoms. The number of pyridine rings is 1. The van der Waals surface area contributed by atoms with E-state index in [4.69, 9.17) is 0 Å². The highest BCUT2D eigenvalue weighted by Gasteiger charge is 2.20. The number of halogens is 1. The first-order valence-corrected chi connectivity index (χ1v) is 12.1. The van der Waals surface area contributed by atoms with Gasteiger partial charge in [-0.05, 0) is 61.0 Å². The molecule has 1 fully saturated rings. The van der Waals surface area contributed by atoms with Gasteiger partial charge in [-0.3, -0.25) is 14.5 Å². The van der Waals surface area contributed by atoms with E-state index in [9.17, 15) is 14.0 Å². The minimum Gasteiger partial charge on any atom is -0.368 e. The van der Waals surface area contributed by atoms with Crippen LogP contribution in [0.5, 0.6) is 0 Å². The molecule has 3 heterocycles. The maximum absolute atomic E-state index is 13.8. The van der Waals surface area contributed by atoms with Crippen molar-refractivity contribution in [1.29, 1.82) is 0 Å². The molecule has 0 saturated carbocycles. The van der Waals surface area contributed by atoms with Crippen LogP contribution in [0.2, 0.25) is 0 Å². The third-order valence-corrected chi connectivity index (χ3v) is 6.81. The third-order valence-electron chi connectivity index (χ3n) is 6.81. The Bertz CT molecular complexity index is 1220. The molecule has 2 aromatic carbocycles. The van der Waals surface area contributed by atoms with Gasteiger partial charge in [-0.2, -0.15) is 0 Å². The number of aromatic nitrogens is 1. The number of fused-ring (bicyclic) bond motifs is 2. The van der Waals surface area contributed by atoms with E-state index in [1.54, 1.807) is 12.1 Å². The Labute approximate surface area is 198 Å². The number of rotatable bonds is 7. The van der Waals surface area contributed by atoms with Gasteiger partial charge in [0.05, 0.1) is 0 Å². The number of Topliss-reactive ketones (excluding diaryl/α,β-unsaturated/α-hetero) is 1. The number of hydrogen-bond donors (Lipinski definition) is 1. The molecular formula is C27H29FN4O2. The molecular weight excluding hydrogens is 431 g/mol. The van der Waals surface area contributed by atoms with E-state index < -0.39 is 0 Å². The van der Waals surface area contributed by atoms with Gasteiger partial charge < -0.3 is 10.2 Å². The third kappa shape index (κ3) is 4.94. The zero-order valence-electron chi connectivity index (χ0n) is 19.2. The molecule has 1 saturated heterocycles. The predicted molar refractivity (Wildman–Crippen MR) is 132 cm³/mol. The van der Waals surface area contributed by atoms with Crippen molar-refractivity contribution < 1.29 is 14.0 Å². The Hall–Kier alpha value is -3.32. The van der Waals surface area contributed by atoms with Gasteiger partial charge in [0.2, 0.25) is 5.91 Å². The summed E-state index contributed by atoms with van der Waals surface area (Å²) in [7, 11) is 0. The van der Waals surface area contributed by atoms with Crippen LogP contribution in [0.4, 0.5) is 15.9 Å². The molecule has 3 aromatic rings. The van der Waals surface area contributed by atoms with Crippen molar-refractivity contribution in [2.24, 2.45) is 0 Å². The fourth-order valence-electron chi connectivity index (χ4n) is 4.86. The Balaban J connectivity index is 1.08. The number of anilines is 2. The lowest BCUT2D eigenvalue weighted by atomic mass is 10.0. The van der Waals surface area contributed by atoms with Crippen molar-refractivity contribution in [3.05, 3.63) is 65.6 Å². The second-order valence-electron chi connectivity index (χ2n) is 9.10. The van der Waals surface area contributed by atoms with Crippen molar-refractivity contribution in [2.75, 3.05) is 42.9 Å². The topological polar surface area (TPSA) is 65.5 Å². The zero-order valence-corrected chi connectivity index (χ0v) is 19.2. The van der Waals surface area contributed by atoms with Crippen LogP contribution in [0.1, 0.15) is 41.7 Å². The number of benzene rings is 2. The minimum atomic E-state index is -0.205. The molecule has 2 aliphatic heterocycles. The fraction of sp³-hybridized carbons (Fsp3) is 0.370. The monoisotopic (exact) mass is 460 g/mol. The van der Waals surface area contributed by atoms with Crippen LogP contribution >= 0.6 is 0 Å². The van der Waals surface area contributed by atoms with Gasteiger partial charge >= 0.3 is 0 Å². The van der Waals surface area contributed by atoms with Crippen LogP contribution in [0.15, 0.2) is 48.5 Å². The molecule has 0 unspecified atom stereocenters. The first kappa shape index (κ1) is 22.5. The first-order chi connectivity index (χ1) is 16.6. The molecule has 0 radical (unpaired) electrons. The number of nitrogens with zero attached hydrogens (tertiary/aromatic N) is 3. The maximum Gasteiger partial charge on any atom is 0.225 e. The molecule has 6 nitrogen and oxygen atoms in total. The van der Waals surface area contributed by atoms with Gasteiger partial charge in [0.1, 0.15) is 17.3 Å². The Morgan fingerprint density at radius 1 is 1.00 bits per heavy atom. The molecule has 0 atom stereocenters. The summed E-state index contributed by atoms with van der Waals surface area (Å²) in [6.07, 6.45) is 3.37. The summed E-state index contributed by atoms with van der Waals surface area (Å²) < 4.78 is 13.8. The number of ketones is 1. The van der Waals surface area contributed by atoms with Crippen LogP contribution in [-0.2, 0) is 11.2 Å². The highest BCUT2D eigenvalue weighted by molar-refractivity contribution is 5.97. The number of amides is 1. The van der Waals surface area contributed by atoms with E-state index in [0.717, 1.165) is 67.6 Å². The van der Waals surface area contributed by atoms with Crippen LogP contribution in [0.25, 0.3) is 10.8 Å². The van der Waals surface area contributed by atoms with Crippen molar-refractivity contribution in [2.45, 2.75) is 32.1 Å². The lowest BCUT2D eigenvalue weighted by molar-refractivity contribution is -0.116. The smallest absolute Gasteiger partial charge is 0.225 e. The van der Waals surface area contributed by atoms with Gasteiger partial charge in [0.15, 0.2) is 5.78 Å². The van der Waals surface area contributed by atoms with Gasteiger partial charge in [0, 0.05) is 50.1 Å². The Morgan fingerprint density at radius 3 is 2.71 bits per heavy atom. The summed E-state index contributed by atoms with van der Waals surface area (Å²) in [5.74, 6) is 0.310. The summed E-state index contributed by atoms with van der Waals surface area (Å²) in [5, 5.41) is 4.78. The molecule has 0 aliphatic carbocycles. The van der Waals surface area contributed by atoms with E-state index in [-0.39, 0.29) is 17.5 Å². The fourth-order valence-corrected chi connectivity index (χ4v) is 4.86. The lowest BCUT2D eigenvalue weighted by Crippen LogP contribution is -2.46. The van der Waals surface area contributed by atoms with Crippen molar-refractivity contribution >= 4 is 34.0 Å². The normalized spacial score (nSPS) is 16.4. The first-order valence-electron chi connectivity index (χ1n) is 12.1. The SMILES string of the molecule is O=C1CCc2ccc(C(=O)CCCCN3CCN(c4cccc5ccc(F)cc45)CC3)nc2N1. The summed E-state index contributed by atoms with van der Waals surface area (Å²) in [5.41, 5.74) is 2.51. The molecule has 1 aromatic heterocycles. The number of carbonyl (C=O) groups excluding carboxylic acids is 2. The van der Waals surface area contributed by atoms with Crippen LogP contribution < -0.4 is 10.2 Å². The zero-order chi connectivity index (χ0) is 23.5. The van der Waals surface area contributed by atoms with Gasteiger partial charge in [-0.1, -0.05) is 24.3 Å². The highest BCUT2D eigenvalue weighted by Crippen LogP contribution is 2.28. The minimum absolute atomic E-state index is 0.0237. The van der Waals surface area contributed by atoms with Crippen molar-refractivity contribution in [3.8, 4) is 0 Å². The Morgan fingerprint density at radius 2 is 1.85 bits per heavy atom. The quantitative estimate of drug-likeness (QED) is 0.417. The second-order valence-corrected chi connectivity index (χ2v) is 9.10. The van der Waals surface area contributed by atoms with Crippen molar-refractivity contribution in [1.82, 2.24) is 9.88 Å². The number of piperazine rings is 1. The lowest BCUT2D eigenvalue weighted by Gasteiger charge is -2.36. The molecule has 34 heavy (non-hydrogen) atoms. The van der Waals surface area contributed by atoms with Crippen LogP contribution in [-0.4, -0.2) is 54.3 Å². The second kappa shape index (κ2) is 9.89. The standard InChI is InChI=1S/C27H29FN4O2/c28-21-10-7-19-4-3-5-24(22(19)18-21)32-16-14-31(15-17-32)13-2-1-6-25(33)23-11-8-20-9-12-26(34)30-27(20)29-23/h3-5,7-8,10-11,18H,1-2,6,9,12-17H2,(H,29,30,34). The summed E-state index contributed by atoms with van der Waals surface area (Å²) in [6, 6.07) is 14.8. The number of nitrogens with one attached hydrogen (secondary N) is 1. The average Bonchev–Trinajstić information content (AvgIpc) is 2.86. The summed E-state index contributed by atoms with van der Waals surface area (Å²) >= 11 is 0. The van der Waals surface area contributed by atoms with Crippen LogP contribution in [0, 0.1) is 5.82 Å². The number of unbranched alkanes of at least 4 members (excludes halogenated alkanes) is 1. The Kier molecular flexibility index (Phi) is 6.54. The van der Waals surface area contributed by atoms with E-state index in [2.05, 4.69) is 26.2 Å². The van der Waals surface area contributed by atoms with Gasteiger partial charge in [0.25, 0.3) is 0 Å². The predicted octanol–water partition coefficient (Wildman–Crippen LogP) is 4.43. The van der Waals surface area contributed by atoms with E-state index in [1.165, 1.54) is 6.07 Å². The molecule has 0 bridgehead atoms. The molecule has 5 rings (SSSR count). The average molecular weight is 461 g/mol. The number of aryl methyl sites for hydroxylation is 1. The molecule has 1 amide bonds.